The number of aliphatic hydroxyl groups excluding tert-OH is 1. The number of alkyl halides is 3. The molecular weight excluding hydrogens is 248 g/mol. The molecule has 0 fully saturated rings. The van der Waals surface area contributed by atoms with E-state index in [0.717, 1.165) is 6.26 Å². The van der Waals surface area contributed by atoms with Gasteiger partial charge in [0.1, 0.15) is 5.75 Å². The molecule has 0 radical (unpaired) electrons. The van der Waals surface area contributed by atoms with Gasteiger partial charge in [-0.2, -0.15) is 5.26 Å². The summed E-state index contributed by atoms with van der Waals surface area (Å²) in [6.45, 7) is 0. The van der Waals surface area contributed by atoms with Crippen LogP contribution in [0.3, 0.4) is 0 Å². The first-order valence-corrected chi connectivity index (χ1v) is 4.55. The minimum atomic E-state index is -0.750. The predicted octanol–water partition coefficient (Wildman–Crippen LogP) is 3.22. The molecule has 0 atom stereocenters. The Hall–Kier alpha value is -0.820. The molecule has 1 aromatic carbocycles. The summed E-state index contributed by atoms with van der Waals surface area (Å²) in [4.78, 5) is 0. The fourth-order valence-corrected chi connectivity index (χ4v) is 0.428. The Morgan fingerprint density at radius 3 is 1.57 bits per heavy atom. The van der Waals surface area contributed by atoms with Crippen LogP contribution in [-0.2, 0) is 0 Å². The fraction of sp³-hybridized carbons (Fsp3) is 0.125. The highest BCUT2D eigenvalue weighted by Gasteiger charge is 1.79. The number of phenols is 1. The van der Waals surface area contributed by atoms with E-state index in [2.05, 4.69) is 0 Å². The first kappa shape index (κ1) is 15.6. The van der Waals surface area contributed by atoms with Crippen molar-refractivity contribution in [1.29, 1.82) is 5.26 Å². The van der Waals surface area contributed by atoms with E-state index >= 15 is 0 Å². The molecule has 0 amide bonds. The molecule has 0 bridgehead atoms. The lowest BCUT2D eigenvalue weighted by atomic mass is 10.3. The highest BCUT2D eigenvalue weighted by Crippen LogP contribution is 2.03. The van der Waals surface area contributed by atoms with Crippen LogP contribution in [0, 0.1) is 11.5 Å². The summed E-state index contributed by atoms with van der Waals surface area (Å²) in [7, 11) is 0. The van der Waals surface area contributed by atoms with Crippen LogP contribution in [0.4, 0.5) is 0 Å². The molecule has 14 heavy (non-hydrogen) atoms. The summed E-state index contributed by atoms with van der Waals surface area (Å²) in [6.07, 6.45) is 0.750. The van der Waals surface area contributed by atoms with Crippen molar-refractivity contribution in [2.24, 2.45) is 0 Å². The van der Waals surface area contributed by atoms with Gasteiger partial charge in [-0.3, -0.25) is 0 Å². The molecule has 78 valence electrons. The smallest absolute Gasteiger partial charge is 0.283 e. The maximum absolute atomic E-state index is 8.63. The van der Waals surface area contributed by atoms with Crippen molar-refractivity contribution in [3.63, 3.8) is 0 Å². The lowest BCUT2D eigenvalue weighted by molar-refractivity contribution is 0.475. The number of hydrogen-bond acceptors (Lipinski definition) is 3. The van der Waals surface area contributed by atoms with Crippen LogP contribution in [0.2, 0.25) is 0 Å². The summed E-state index contributed by atoms with van der Waals surface area (Å²) >= 11 is 14.4. The van der Waals surface area contributed by atoms with E-state index in [4.69, 9.17) is 50.3 Å². The van der Waals surface area contributed by atoms with Gasteiger partial charge >= 0.3 is 0 Å². The van der Waals surface area contributed by atoms with Crippen LogP contribution in [-0.4, -0.2) is 14.5 Å². The van der Waals surface area contributed by atoms with Gasteiger partial charge in [0.05, 0.1) is 0 Å². The molecule has 0 aliphatic carbocycles. The summed E-state index contributed by atoms with van der Waals surface area (Å²) in [5.74, 6) is 0.322. The van der Waals surface area contributed by atoms with Crippen molar-refractivity contribution in [3.05, 3.63) is 30.3 Å². The van der Waals surface area contributed by atoms with E-state index in [0.29, 0.717) is 5.75 Å². The molecule has 0 saturated heterocycles. The Morgan fingerprint density at radius 1 is 1.14 bits per heavy atom. The van der Waals surface area contributed by atoms with E-state index in [1.165, 1.54) is 0 Å². The van der Waals surface area contributed by atoms with Gasteiger partial charge in [0.2, 0.25) is 0 Å². The van der Waals surface area contributed by atoms with Crippen LogP contribution in [0.5, 0.6) is 5.75 Å². The van der Waals surface area contributed by atoms with Crippen LogP contribution in [0.1, 0.15) is 0 Å². The number of nitriles is 1. The molecule has 0 aliphatic heterocycles. The second-order valence-electron chi connectivity index (χ2n) is 1.68. The number of benzene rings is 1. The Balaban J connectivity index is 0. The summed E-state index contributed by atoms with van der Waals surface area (Å²) < 4.78 is -0.750. The third kappa shape index (κ3) is 22.5. The Morgan fingerprint density at radius 2 is 1.43 bits per heavy atom. The zero-order valence-electron chi connectivity index (χ0n) is 6.94. The number of phenolic OH excluding ortho intramolecular Hbond substituents is 1. The van der Waals surface area contributed by atoms with E-state index in [-0.39, 0.29) is 0 Å². The van der Waals surface area contributed by atoms with Crippen molar-refractivity contribution in [2.45, 2.75) is 4.30 Å². The number of hydrogen-bond donors (Lipinski definition) is 2. The Labute approximate surface area is 97.1 Å². The van der Waals surface area contributed by atoms with E-state index in [9.17, 15) is 0 Å². The normalized spacial score (nSPS) is 7.36. The average molecular weight is 257 g/mol. The highest BCUT2D eigenvalue weighted by atomic mass is 35.6. The van der Waals surface area contributed by atoms with E-state index < -0.39 is 4.30 Å². The summed E-state index contributed by atoms with van der Waals surface area (Å²) in [5.41, 5.74) is 0. The lowest BCUT2D eigenvalue weighted by Crippen LogP contribution is -1.56. The Kier molecular flexibility index (Phi) is 13.6. The van der Waals surface area contributed by atoms with E-state index in [1.807, 2.05) is 6.07 Å². The molecule has 2 N–H and O–H groups in total. The summed E-state index contributed by atoms with van der Waals surface area (Å²) in [5, 5.41) is 22.4. The summed E-state index contributed by atoms with van der Waals surface area (Å²) in [6, 6.07) is 8.71. The van der Waals surface area contributed by atoms with Crippen LogP contribution in [0.25, 0.3) is 0 Å². The van der Waals surface area contributed by atoms with Crippen molar-refractivity contribution in [1.82, 2.24) is 0 Å². The minimum Gasteiger partial charge on any atom is -0.508 e. The molecule has 0 saturated carbocycles. The molecule has 0 aromatic heterocycles. The van der Waals surface area contributed by atoms with Gasteiger partial charge in [0.25, 0.3) is 6.26 Å². The van der Waals surface area contributed by atoms with Crippen LogP contribution >= 0.6 is 34.8 Å². The van der Waals surface area contributed by atoms with Crippen molar-refractivity contribution < 1.29 is 10.2 Å². The zero-order chi connectivity index (χ0) is 11.4. The first-order chi connectivity index (χ1) is 6.54. The monoisotopic (exact) mass is 255 g/mol. The molecule has 1 rings (SSSR count). The molecule has 0 heterocycles. The molecule has 1 aromatic rings. The number of para-hydroxylation sites is 1. The number of halogens is 3. The topological polar surface area (TPSA) is 64.2 Å². The third-order valence-corrected chi connectivity index (χ3v) is 0.756. The minimum absolute atomic E-state index is 0.322. The zero-order valence-corrected chi connectivity index (χ0v) is 9.21. The SMILES string of the molecule is ClC(Cl)Cl.N#CO.Oc1ccccc1. The molecule has 0 spiro atoms. The van der Waals surface area contributed by atoms with Crippen molar-refractivity contribution in [3.8, 4) is 12.0 Å². The van der Waals surface area contributed by atoms with Crippen molar-refractivity contribution in [2.75, 3.05) is 0 Å². The maximum atomic E-state index is 8.63. The van der Waals surface area contributed by atoms with Gasteiger partial charge in [-0.1, -0.05) is 53.0 Å². The van der Waals surface area contributed by atoms with Gasteiger partial charge < -0.3 is 10.2 Å². The number of nitrogens with zero attached hydrogens (tertiary/aromatic N) is 1. The largest absolute Gasteiger partial charge is 0.508 e. The van der Waals surface area contributed by atoms with Crippen LogP contribution in [0.15, 0.2) is 30.3 Å². The number of aliphatic hydroxyl groups is 1. The van der Waals surface area contributed by atoms with Gasteiger partial charge in [0, 0.05) is 0 Å². The molecule has 6 heteroatoms. The molecule has 0 aliphatic rings. The fourth-order valence-electron chi connectivity index (χ4n) is 0.428. The van der Waals surface area contributed by atoms with Crippen LogP contribution < -0.4 is 0 Å². The third-order valence-electron chi connectivity index (χ3n) is 0.756. The standard InChI is InChI=1S/C6H6O.CHCl3.CHNO/c7-6-4-2-1-3-5-6;2-1(3)4;2-1-3/h1-5,7H;1H;3H. The van der Waals surface area contributed by atoms with E-state index in [1.54, 1.807) is 24.3 Å². The Bertz CT molecular complexity index is 246. The maximum Gasteiger partial charge on any atom is 0.283 e. The molecular formula is C8H8Cl3NO2. The molecule has 3 nitrogen and oxygen atoms in total. The van der Waals surface area contributed by atoms with Gasteiger partial charge in [0.15, 0.2) is 4.30 Å². The average Bonchev–Trinajstić information content (AvgIpc) is 2.05. The van der Waals surface area contributed by atoms with Gasteiger partial charge in [-0.15, -0.1) is 0 Å². The van der Waals surface area contributed by atoms with Gasteiger partial charge in [-0.05, 0) is 12.1 Å². The number of rotatable bonds is 0. The lowest BCUT2D eigenvalue weighted by Gasteiger charge is -1.82. The predicted molar refractivity (Wildman–Crippen MR) is 57.0 cm³/mol. The molecule has 0 unspecified atom stereocenters. The number of aromatic hydroxyl groups is 1. The van der Waals surface area contributed by atoms with Crippen molar-refractivity contribution >= 4 is 34.8 Å². The second-order valence-corrected chi connectivity index (χ2v) is 3.66. The quantitative estimate of drug-likeness (QED) is 0.553. The highest BCUT2D eigenvalue weighted by molar-refractivity contribution is 6.63. The first-order valence-electron chi connectivity index (χ1n) is 3.24. The van der Waals surface area contributed by atoms with Gasteiger partial charge in [-0.25, -0.2) is 0 Å². The second kappa shape index (κ2) is 12.2.